The predicted molar refractivity (Wildman–Crippen MR) is 152 cm³/mol. The lowest BCUT2D eigenvalue weighted by Crippen LogP contribution is -2.58. The van der Waals surface area contributed by atoms with E-state index in [0.717, 1.165) is 80.6 Å². The van der Waals surface area contributed by atoms with Gasteiger partial charge in [-0.05, 0) is 81.1 Å². The van der Waals surface area contributed by atoms with Crippen LogP contribution in [0.4, 0.5) is 10.2 Å². The van der Waals surface area contributed by atoms with Crippen LogP contribution in [-0.4, -0.2) is 76.9 Å². The van der Waals surface area contributed by atoms with Gasteiger partial charge in [0.05, 0.1) is 30.6 Å². The second-order valence-electron chi connectivity index (χ2n) is 12.0. The number of hydrogen-bond acceptors (Lipinski definition) is 7. The molecule has 0 amide bonds. The molecule has 6 rings (SSSR count). The molecule has 0 saturated carbocycles. The van der Waals surface area contributed by atoms with Gasteiger partial charge in [0.25, 0.3) is 0 Å². The summed E-state index contributed by atoms with van der Waals surface area (Å²) in [6.07, 6.45) is 3.65. The van der Waals surface area contributed by atoms with Crippen molar-refractivity contribution >= 4 is 11.8 Å². The zero-order chi connectivity index (χ0) is 27.9. The third-order valence-corrected chi connectivity index (χ3v) is 8.72. The SMILES string of the molecule is COC(=O)C[C@H](CN1CC2(CCN(Cc3ccc4c(n3)NCCC4)C2)C1)c1cc(F)cc(-n2nc(C)cc2C)c1. The number of methoxy groups -OCH3 is 1. The van der Waals surface area contributed by atoms with Gasteiger partial charge in [-0.1, -0.05) is 6.07 Å². The number of carbonyl (C=O) groups excluding carboxylic acids is 1. The molecule has 3 aliphatic heterocycles. The normalized spacial score (nSPS) is 19.2. The zero-order valence-corrected chi connectivity index (χ0v) is 23.8. The summed E-state index contributed by atoms with van der Waals surface area (Å²) in [6, 6.07) is 11.4. The first-order chi connectivity index (χ1) is 19.3. The summed E-state index contributed by atoms with van der Waals surface area (Å²) in [4.78, 5) is 22.2. The molecular formula is C31H39FN6O2. The van der Waals surface area contributed by atoms with E-state index in [1.54, 1.807) is 10.7 Å². The average molecular weight is 547 g/mol. The summed E-state index contributed by atoms with van der Waals surface area (Å²) in [5, 5.41) is 7.97. The molecule has 2 fully saturated rings. The summed E-state index contributed by atoms with van der Waals surface area (Å²) in [5.41, 5.74) is 6.02. The number of likely N-dealkylation sites (tertiary alicyclic amines) is 2. The van der Waals surface area contributed by atoms with Gasteiger partial charge < -0.3 is 15.0 Å². The smallest absolute Gasteiger partial charge is 0.306 e. The summed E-state index contributed by atoms with van der Waals surface area (Å²) in [6.45, 7) is 10.5. The third kappa shape index (κ3) is 5.63. The minimum atomic E-state index is -0.326. The number of hydrogen-bond donors (Lipinski definition) is 1. The maximum absolute atomic E-state index is 14.8. The van der Waals surface area contributed by atoms with Gasteiger partial charge in [0.2, 0.25) is 0 Å². The van der Waals surface area contributed by atoms with E-state index in [1.807, 2.05) is 26.0 Å². The van der Waals surface area contributed by atoms with Crippen LogP contribution in [-0.2, 0) is 22.5 Å². The standard InChI is InChI=1S/C31H39FN6O2/c1-21-11-22(2)38(35-21)28-13-24(12-26(32)15-28)25(14-29(39)40-3)16-37-19-31(20-37)8-10-36(18-31)17-27-7-6-23-5-4-9-33-30(23)34-27/h6-7,11-13,15,25H,4-5,8-10,14,16-20H2,1-3H3,(H,33,34)/t25-/m1/s1. The highest BCUT2D eigenvalue weighted by molar-refractivity contribution is 5.70. The molecule has 2 saturated heterocycles. The molecule has 5 heterocycles. The number of halogens is 1. The van der Waals surface area contributed by atoms with Crippen LogP contribution < -0.4 is 5.32 Å². The van der Waals surface area contributed by atoms with Crippen molar-refractivity contribution in [2.75, 3.05) is 51.7 Å². The largest absolute Gasteiger partial charge is 0.469 e. The van der Waals surface area contributed by atoms with Gasteiger partial charge in [0.1, 0.15) is 11.6 Å². The molecule has 3 aliphatic rings. The lowest BCUT2D eigenvalue weighted by Gasteiger charge is -2.49. The Hall–Kier alpha value is -3.30. The van der Waals surface area contributed by atoms with Crippen LogP contribution in [0.25, 0.3) is 5.69 Å². The van der Waals surface area contributed by atoms with E-state index in [9.17, 15) is 9.18 Å². The molecule has 1 N–H and O–H groups in total. The number of benzene rings is 1. The molecule has 2 aromatic heterocycles. The van der Waals surface area contributed by atoms with E-state index in [-0.39, 0.29) is 29.5 Å². The van der Waals surface area contributed by atoms with Gasteiger partial charge in [-0.3, -0.25) is 9.69 Å². The van der Waals surface area contributed by atoms with Crippen LogP contribution in [0.15, 0.2) is 36.4 Å². The highest BCUT2D eigenvalue weighted by Gasteiger charge is 2.47. The number of pyridine rings is 1. The van der Waals surface area contributed by atoms with Gasteiger partial charge in [-0.25, -0.2) is 14.1 Å². The summed E-state index contributed by atoms with van der Waals surface area (Å²) < 4.78 is 21.6. The fourth-order valence-electron chi connectivity index (χ4n) is 6.87. The summed E-state index contributed by atoms with van der Waals surface area (Å²) in [7, 11) is 1.41. The van der Waals surface area contributed by atoms with Crippen molar-refractivity contribution in [3.63, 3.8) is 0 Å². The molecule has 1 spiro atoms. The molecule has 3 aromatic rings. The Bertz CT molecular complexity index is 1400. The predicted octanol–water partition coefficient (Wildman–Crippen LogP) is 4.24. The van der Waals surface area contributed by atoms with E-state index in [4.69, 9.17) is 9.72 Å². The number of esters is 1. The highest BCUT2D eigenvalue weighted by Crippen LogP contribution is 2.41. The molecule has 0 aliphatic carbocycles. The zero-order valence-electron chi connectivity index (χ0n) is 23.8. The Labute approximate surface area is 235 Å². The van der Waals surface area contributed by atoms with E-state index in [0.29, 0.717) is 12.2 Å². The quantitative estimate of drug-likeness (QED) is 0.424. The summed E-state index contributed by atoms with van der Waals surface area (Å²) >= 11 is 0. The Kier molecular flexibility index (Phi) is 7.35. The number of anilines is 1. The van der Waals surface area contributed by atoms with Crippen molar-refractivity contribution in [3.05, 3.63) is 70.4 Å². The average Bonchev–Trinajstić information content (AvgIpc) is 3.49. The van der Waals surface area contributed by atoms with Crippen molar-refractivity contribution in [1.82, 2.24) is 24.6 Å². The third-order valence-electron chi connectivity index (χ3n) is 8.72. The molecule has 0 unspecified atom stereocenters. The van der Waals surface area contributed by atoms with Crippen LogP contribution in [0.3, 0.4) is 0 Å². The van der Waals surface area contributed by atoms with Crippen LogP contribution >= 0.6 is 0 Å². The van der Waals surface area contributed by atoms with E-state index in [1.165, 1.54) is 25.2 Å². The Morgan fingerprint density at radius 3 is 2.75 bits per heavy atom. The Morgan fingerprint density at radius 1 is 1.15 bits per heavy atom. The van der Waals surface area contributed by atoms with Gasteiger partial charge >= 0.3 is 5.97 Å². The number of carbonyl (C=O) groups is 1. The maximum atomic E-state index is 14.8. The monoisotopic (exact) mass is 546 g/mol. The van der Waals surface area contributed by atoms with Gasteiger partial charge in [0.15, 0.2) is 0 Å². The van der Waals surface area contributed by atoms with Gasteiger partial charge in [-0.15, -0.1) is 0 Å². The number of fused-ring (bicyclic) bond motifs is 1. The van der Waals surface area contributed by atoms with E-state index >= 15 is 0 Å². The summed E-state index contributed by atoms with van der Waals surface area (Å²) in [5.74, 6) is 0.284. The minimum Gasteiger partial charge on any atom is -0.469 e. The molecule has 1 aromatic carbocycles. The fraction of sp³-hybridized carbons (Fsp3) is 0.516. The second kappa shape index (κ2) is 10.9. The molecule has 40 heavy (non-hydrogen) atoms. The highest BCUT2D eigenvalue weighted by atomic mass is 19.1. The number of ether oxygens (including phenoxy) is 1. The topological polar surface area (TPSA) is 75.5 Å². The van der Waals surface area contributed by atoms with Crippen molar-refractivity contribution < 1.29 is 13.9 Å². The first-order valence-electron chi connectivity index (χ1n) is 14.4. The number of aromatic nitrogens is 3. The van der Waals surface area contributed by atoms with E-state index < -0.39 is 0 Å². The molecule has 0 bridgehead atoms. The van der Waals surface area contributed by atoms with Crippen LogP contribution in [0.2, 0.25) is 0 Å². The van der Waals surface area contributed by atoms with Crippen molar-refractivity contribution in [1.29, 1.82) is 0 Å². The first kappa shape index (κ1) is 26.9. The molecule has 8 nitrogen and oxygen atoms in total. The van der Waals surface area contributed by atoms with Crippen molar-refractivity contribution in [2.24, 2.45) is 5.41 Å². The molecule has 9 heteroatoms. The number of nitrogens with zero attached hydrogens (tertiary/aromatic N) is 5. The lowest BCUT2D eigenvalue weighted by atomic mass is 9.78. The maximum Gasteiger partial charge on any atom is 0.306 e. The van der Waals surface area contributed by atoms with Crippen LogP contribution in [0, 0.1) is 25.1 Å². The number of nitrogens with one attached hydrogen (secondary N) is 1. The van der Waals surface area contributed by atoms with Gasteiger partial charge in [-0.2, -0.15) is 5.10 Å². The second-order valence-corrected chi connectivity index (χ2v) is 12.0. The lowest BCUT2D eigenvalue weighted by molar-refractivity contribution is -0.141. The number of rotatable bonds is 8. The molecule has 212 valence electrons. The Balaban J connectivity index is 1.11. The van der Waals surface area contributed by atoms with Crippen molar-refractivity contribution in [2.45, 2.75) is 52.0 Å². The van der Waals surface area contributed by atoms with Crippen LogP contribution in [0.5, 0.6) is 0 Å². The fourth-order valence-corrected chi connectivity index (χ4v) is 6.87. The molecular weight excluding hydrogens is 507 g/mol. The van der Waals surface area contributed by atoms with Gasteiger partial charge in [0, 0.05) is 56.3 Å². The Morgan fingerprint density at radius 2 is 1.98 bits per heavy atom. The van der Waals surface area contributed by atoms with Crippen molar-refractivity contribution in [3.8, 4) is 5.69 Å². The van der Waals surface area contributed by atoms with Crippen LogP contribution in [0.1, 0.15) is 53.4 Å². The minimum absolute atomic E-state index is 0.166. The molecule has 0 radical (unpaired) electrons. The number of aryl methyl sites for hydroxylation is 3. The molecule has 1 atom stereocenters. The van der Waals surface area contributed by atoms with E-state index in [2.05, 4.69) is 32.3 Å². The first-order valence-corrected chi connectivity index (χ1v) is 14.4.